The summed E-state index contributed by atoms with van der Waals surface area (Å²) in [7, 11) is 0. The van der Waals surface area contributed by atoms with Crippen molar-refractivity contribution in [1.82, 2.24) is 0 Å². The van der Waals surface area contributed by atoms with Gasteiger partial charge in [0.15, 0.2) is 0 Å². The van der Waals surface area contributed by atoms with Crippen molar-refractivity contribution in [2.45, 2.75) is 32.6 Å². The van der Waals surface area contributed by atoms with Crippen molar-refractivity contribution in [3.8, 4) is 0 Å². The number of hydrogen-bond acceptors (Lipinski definition) is 1. The first-order chi connectivity index (χ1) is 4.79. The summed E-state index contributed by atoms with van der Waals surface area (Å²) in [6.07, 6.45) is 4.67. The van der Waals surface area contributed by atoms with E-state index in [0.29, 0.717) is 17.6 Å². The number of carbonyl (C=O) groups excluding carboxylic acids is 1. The Balaban J connectivity index is 2.19. The molecule has 0 aromatic heterocycles. The second-order valence-electron chi connectivity index (χ2n) is 3.85. The van der Waals surface area contributed by atoms with Gasteiger partial charge in [0.1, 0.15) is 5.78 Å². The number of ketones is 1. The fraction of sp³-hybridized carbons (Fsp3) is 0.889. The van der Waals surface area contributed by atoms with Crippen LogP contribution in [-0.2, 0) is 4.79 Å². The molecule has 2 rings (SSSR count). The Bertz CT molecular complexity index is 162. The van der Waals surface area contributed by atoms with Gasteiger partial charge in [-0.1, -0.05) is 13.3 Å². The molecule has 10 heavy (non-hydrogen) atoms. The molecule has 0 spiro atoms. The Morgan fingerprint density at radius 1 is 1.40 bits per heavy atom. The molecule has 0 unspecified atom stereocenters. The standard InChI is InChI=1S/C9H14O/c1-6-5-9(10)8-4-2-3-7(6)8/h6-8H,2-5H2,1H3/t6-,7+,8+/m1/s1. The first kappa shape index (κ1) is 6.38. The maximum absolute atomic E-state index is 11.3. The highest BCUT2D eigenvalue weighted by atomic mass is 16.1. The SMILES string of the molecule is C[C@@H]1CC(=O)[C@H]2CCC[C@@H]12. The summed E-state index contributed by atoms with van der Waals surface area (Å²) in [6.45, 7) is 2.23. The van der Waals surface area contributed by atoms with Gasteiger partial charge < -0.3 is 0 Å². The molecule has 0 bridgehead atoms. The van der Waals surface area contributed by atoms with Crippen molar-refractivity contribution >= 4 is 5.78 Å². The fourth-order valence-corrected chi connectivity index (χ4v) is 2.69. The third kappa shape index (κ3) is 0.727. The van der Waals surface area contributed by atoms with Crippen LogP contribution >= 0.6 is 0 Å². The summed E-state index contributed by atoms with van der Waals surface area (Å²) in [4.78, 5) is 11.3. The molecule has 2 aliphatic rings. The van der Waals surface area contributed by atoms with Gasteiger partial charge in [-0.3, -0.25) is 4.79 Å². The maximum atomic E-state index is 11.3. The lowest BCUT2D eigenvalue weighted by Crippen LogP contribution is -2.08. The lowest BCUT2D eigenvalue weighted by atomic mass is 9.94. The Morgan fingerprint density at radius 3 is 2.90 bits per heavy atom. The Labute approximate surface area is 61.8 Å². The normalized spacial score (nSPS) is 46.1. The maximum Gasteiger partial charge on any atom is 0.136 e. The van der Waals surface area contributed by atoms with E-state index in [1.807, 2.05) is 0 Å². The van der Waals surface area contributed by atoms with Crippen LogP contribution in [0.4, 0.5) is 0 Å². The molecule has 2 aliphatic carbocycles. The van der Waals surface area contributed by atoms with E-state index in [0.717, 1.165) is 12.3 Å². The Hall–Kier alpha value is -0.330. The summed E-state index contributed by atoms with van der Waals surface area (Å²) in [5.41, 5.74) is 0. The molecule has 56 valence electrons. The highest BCUT2D eigenvalue weighted by molar-refractivity contribution is 5.84. The number of hydrogen-bond donors (Lipinski definition) is 0. The molecular formula is C9H14O. The molecule has 0 aromatic rings. The van der Waals surface area contributed by atoms with Crippen LogP contribution in [-0.4, -0.2) is 5.78 Å². The van der Waals surface area contributed by atoms with E-state index in [2.05, 4.69) is 6.92 Å². The smallest absolute Gasteiger partial charge is 0.136 e. The minimum absolute atomic E-state index is 0.481. The van der Waals surface area contributed by atoms with Gasteiger partial charge in [-0.05, 0) is 24.7 Å². The quantitative estimate of drug-likeness (QED) is 0.500. The molecule has 2 saturated carbocycles. The van der Waals surface area contributed by atoms with E-state index in [-0.39, 0.29) is 0 Å². The molecule has 0 saturated heterocycles. The minimum Gasteiger partial charge on any atom is -0.299 e. The van der Waals surface area contributed by atoms with Gasteiger partial charge in [-0.2, -0.15) is 0 Å². The molecule has 2 fully saturated rings. The topological polar surface area (TPSA) is 17.1 Å². The van der Waals surface area contributed by atoms with Crippen molar-refractivity contribution in [1.29, 1.82) is 0 Å². The first-order valence-corrected chi connectivity index (χ1v) is 4.32. The zero-order valence-corrected chi connectivity index (χ0v) is 6.47. The molecule has 3 atom stereocenters. The molecule has 0 heterocycles. The number of fused-ring (bicyclic) bond motifs is 1. The molecular weight excluding hydrogens is 124 g/mol. The third-order valence-corrected chi connectivity index (χ3v) is 3.24. The van der Waals surface area contributed by atoms with Crippen LogP contribution in [0.15, 0.2) is 0 Å². The van der Waals surface area contributed by atoms with E-state index in [4.69, 9.17) is 0 Å². The monoisotopic (exact) mass is 138 g/mol. The lowest BCUT2D eigenvalue weighted by molar-refractivity contribution is -0.120. The highest BCUT2D eigenvalue weighted by Gasteiger charge is 2.42. The van der Waals surface area contributed by atoms with E-state index in [1.54, 1.807) is 0 Å². The lowest BCUT2D eigenvalue weighted by Gasteiger charge is -2.10. The Morgan fingerprint density at radius 2 is 2.20 bits per heavy atom. The van der Waals surface area contributed by atoms with Gasteiger partial charge in [0.25, 0.3) is 0 Å². The predicted octanol–water partition coefficient (Wildman–Crippen LogP) is 2.01. The minimum atomic E-state index is 0.481. The van der Waals surface area contributed by atoms with Crippen molar-refractivity contribution in [3.05, 3.63) is 0 Å². The van der Waals surface area contributed by atoms with Gasteiger partial charge >= 0.3 is 0 Å². The molecule has 0 N–H and O–H groups in total. The molecule has 0 aliphatic heterocycles. The van der Waals surface area contributed by atoms with E-state index in [9.17, 15) is 4.79 Å². The molecule has 1 heteroatoms. The van der Waals surface area contributed by atoms with Crippen LogP contribution in [0.25, 0.3) is 0 Å². The summed E-state index contributed by atoms with van der Waals surface area (Å²) in [5, 5.41) is 0. The highest BCUT2D eigenvalue weighted by Crippen LogP contribution is 2.44. The predicted molar refractivity (Wildman–Crippen MR) is 39.6 cm³/mol. The van der Waals surface area contributed by atoms with Crippen molar-refractivity contribution in [2.24, 2.45) is 17.8 Å². The largest absolute Gasteiger partial charge is 0.299 e. The molecule has 0 amide bonds. The van der Waals surface area contributed by atoms with Crippen LogP contribution in [0.3, 0.4) is 0 Å². The van der Waals surface area contributed by atoms with E-state index >= 15 is 0 Å². The van der Waals surface area contributed by atoms with Gasteiger partial charge in [0.05, 0.1) is 0 Å². The van der Waals surface area contributed by atoms with Crippen LogP contribution in [0.1, 0.15) is 32.6 Å². The number of rotatable bonds is 0. The average molecular weight is 138 g/mol. The average Bonchev–Trinajstić information content (AvgIpc) is 2.39. The van der Waals surface area contributed by atoms with Crippen molar-refractivity contribution in [2.75, 3.05) is 0 Å². The molecule has 0 aromatic carbocycles. The molecule has 1 nitrogen and oxygen atoms in total. The number of Topliss-reactive ketones (excluding diaryl/α,β-unsaturated/α-hetero) is 1. The Kier molecular flexibility index (Phi) is 1.33. The van der Waals surface area contributed by atoms with Gasteiger partial charge in [0.2, 0.25) is 0 Å². The first-order valence-electron chi connectivity index (χ1n) is 4.32. The van der Waals surface area contributed by atoms with Crippen molar-refractivity contribution in [3.63, 3.8) is 0 Å². The van der Waals surface area contributed by atoms with E-state index in [1.165, 1.54) is 19.3 Å². The summed E-state index contributed by atoms with van der Waals surface area (Å²) in [5.74, 6) is 2.50. The zero-order valence-electron chi connectivity index (χ0n) is 6.47. The second-order valence-corrected chi connectivity index (χ2v) is 3.85. The van der Waals surface area contributed by atoms with Crippen LogP contribution in [0.5, 0.6) is 0 Å². The van der Waals surface area contributed by atoms with Crippen LogP contribution < -0.4 is 0 Å². The van der Waals surface area contributed by atoms with Crippen LogP contribution in [0.2, 0.25) is 0 Å². The van der Waals surface area contributed by atoms with E-state index < -0.39 is 0 Å². The van der Waals surface area contributed by atoms with Gasteiger partial charge in [-0.25, -0.2) is 0 Å². The van der Waals surface area contributed by atoms with Gasteiger partial charge in [-0.15, -0.1) is 0 Å². The summed E-state index contributed by atoms with van der Waals surface area (Å²) in [6, 6.07) is 0. The molecule has 0 radical (unpaired) electrons. The zero-order chi connectivity index (χ0) is 7.14. The summed E-state index contributed by atoms with van der Waals surface area (Å²) >= 11 is 0. The summed E-state index contributed by atoms with van der Waals surface area (Å²) < 4.78 is 0. The third-order valence-electron chi connectivity index (χ3n) is 3.24. The van der Waals surface area contributed by atoms with Crippen molar-refractivity contribution < 1.29 is 4.79 Å². The fourth-order valence-electron chi connectivity index (χ4n) is 2.69. The second kappa shape index (κ2) is 2.08. The number of carbonyl (C=O) groups is 1. The van der Waals surface area contributed by atoms with Gasteiger partial charge in [0, 0.05) is 12.3 Å². The van der Waals surface area contributed by atoms with Crippen LogP contribution in [0, 0.1) is 17.8 Å².